The highest BCUT2D eigenvalue weighted by Gasteiger charge is 2.28. The molecule has 1 saturated heterocycles. The van der Waals surface area contributed by atoms with Crippen molar-refractivity contribution in [3.63, 3.8) is 0 Å². The number of nitrogens with one attached hydrogen (secondary N) is 2. The third-order valence-electron chi connectivity index (χ3n) is 3.15. The second kappa shape index (κ2) is 6.58. The van der Waals surface area contributed by atoms with Crippen molar-refractivity contribution in [2.24, 2.45) is 5.92 Å². The first kappa shape index (κ1) is 14.8. The number of hydrogen-bond acceptors (Lipinski definition) is 3. The SMILES string of the molecule is CC(CNC(=O)NC1(C)CCOCC1)CC(=O)O. The van der Waals surface area contributed by atoms with E-state index in [1.807, 2.05) is 6.92 Å². The molecule has 3 N–H and O–H groups in total. The molecule has 1 aliphatic heterocycles. The maximum Gasteiger partial charge on any atom is 0.315 e. The van der Waals surface area contributed by atoms with Crippen LogP contribution in [0, 0.1) is 5.92 Å². The van der Waals surface area contributed by atoms with Gasteiger partial charge in [-0.05, 0) is 25.7 Å². The molecule has 1 fully saturated rings. The van der Waals surface area contributed by atoms with Crippen LogP contribution in [-0.2, 0) is 9.53 Å². The van der Waals surface area contributed by atoms with E-state index in [1.54, 1.807) is 6.92 Å². The number of carbonyl (C=O) groups is 2. The third kappa shape index (κ3) is 5.35. The number of rotatable bonds is 5. The minimum atomic E-state index is -0.846. The van der Waals surface area contributed by atoms with Crippen molar-refractivity contribution in [1.29, 1.82) is 0 Å². The standard InChI is InChI=1S/C12H22N2O4/c1-9(7-10(15)16)8-13-11(17)14-12(2)3-5-18-6-4-12/h9H,3-8H2,1-2H3,(H,15,16)(H2,13,14,17). The van der Waals surface area contributed by atoms with Crippen LogP contribution in [0.3, 0.4) is 0 Å². The fourth-order valence-corrected chi connectivity index (χ4v) is 1.90. The average Bonchev–Trinajstić information content (AvgIpc) is 2.26. The summed E-state index contributed by atoms with van der Waals surface area (Å²) in [6.45, 7) is 5.48. The molecule has 0 aromatic heterocycles. The van der Waals surface area contributed by atoms with Crippen molar-refractivity contribution in [3.8, 4) is 0 Å². The first-order valence-electron chi connectivity index (χ1n) is 6.27. The van der Waals surface area contributed by atoms with Gasteiger partial charge in [0.05, 0.1) is 0 Å². The van der Waals surface area contributed by atoms with Gasteiger partial charge in [-0.2, -0.15) is 0 Å². The molecule has 0 radical (unpaired) electrons. The van der Waals surface area contributed by atoms with Crippen LogP contribution in [0.25, 0.3) is 0 Å². The zero-order chi connectivity index (χ0) is 13.6. The fourth-order valence-electron chi connectivity index (χ4n) is 1.90. The second-order valence-corrected chi connectivity index (χ2v) is 5.21. The lowest BCUT2D eigenvalue weighted by Crippen LogP contribution is -2.53. The molecular formula is C12H22N2O4. The number of carbonyl (C=O) groups excluding carboxylic acids is 1. The molecule has 6 nitrogen and oxygen atoms in total. The maximum atomic E-state index is 11.7. The van der Waals surface area contributed by atoms with Gasteiger partial charge in [0.2, 0.25) is 0 Å². The maximum absolute atomic E-state index is 11.7. The lowest BCUT2D eigenvalue weighted by Gasteiger charge is -2.34. The fraction of sp³-hybridized carbons (Fsp3) is 0.833. The summed E-state index contributed by atoms with van der Waals surface area (Å²) in [4.78, 5) is 22.2. The molecule has 1 atom stereocenters. The van der Waals surface area contributed by atoms with E-state index in [0.29, 0.717) is 19.8 Å². The molecular weight excluding hydrogens is 236 g/mol. The normalized spacial score (nSPS) is 19.9. The van der Waals surface area contributed by atoms with Gasteiger partial charge in [-0.1, -0.05) is 6.92 Å². The first-order chi connectivity index (χ1) is 8.41. The third-order valence-corrected chi connectivity index (χ3v) is 3.15. The van der Waals surface area contributed by atoms with Crippen LogP contribution in [-0.4, -0.2) is 42.4 Å². The van der Waals surface area contributed by atoms with Crippen molar-refractivity contribution in [3.05, 3.63) is 0 Å². The summed E-state index contributed by atoms with van der Waals surface area (Å²) in [5.41, 5.74) is -0.224. The van der Waals surface area contributed by atoms with Gasteiger partial charge in [-0.3, -0.25) is 4.79 Å². The molecule has 18 heavy (non-hydrogen) atoms. The zero-order valence-corrected chi connectivity index (χ0v) is 11.0. The molecule has 104 valence electrons. The van der Waals surface area contributed by atoms with Gasteiger partial charge in [-0.15, -0.1) is 0 Å². The Morgan fingerprint density at radius 1 is 1.39 bits per heavy atom. The quantitative estimate of drug-likeness (QED) is 0.685. The number of carboxylic acid groups (broad SMARTS) is 1. The summed E-state index contributed by atoms with van der Waals surface area (Å²) in [5.74, 6) is -0.920. The van der Waals surface area contributed by atoms with Crippen LogP contribution >= 0.6 is 0 Å². The van der Waals surface area contributed by atoms with Gasteiger partial charge in [0.1, 0.15) is 0 Å². The van der Waals surface area contributed by atoms with Crippen molar-refractivity contribution in [2.75, 3.05) is 19.8 Å². The van der Waals surface area contributed by atoms with E-state index >= 15 is 0 Å². The Bertz CT molecular complexity index is 300. The predicted octanol–water partition coefficient (Wildman–Crippen LogP) is 0.965. The smallest absolute Gasteiger partial charge is 0.315 e. The lowest BCUT2D eigenvalue weighted by molar-refractivity contribution is -0.137. The minimum absolute atomic E-state index is 0.0609. The van der Waals surface area contributed by atoms with Crippen molar-refractivity contribution < 1.29 is 19.4 Å². The largest absolute Gasteiger partial charge is 0.481 e. The number of aliphatic carboxylic acids is 1. The predicted molar refractivity (Wildman–Crippen MR) is 66.4 cm³/mol. The molecule has 6 heteroatoms. The van der Waals surface area contributed by atoms with E-state index in [4.69, 9.17) is 9.84 Å². The van der Waals surface area contributed by atoms with Gasteiger partial charge < -0.3 is 20.5 Å². The summed E-state index contributed by atoms with van der Waals surface area (Å²) < 4.78 is 5.25. The highest BCUT2D eigenvalue weighted by atomic mass is 16.5. The number of hydrogen-bond donors (Lipinski definition) is 3. The Balaban J connectivity index is 2.26. The molecule has 0 aliphatic carbocycles. The van der Waals surface area contributed by atoms with Gasteiger partial charge >= 0.3 is 12.0 Å². The van der Waals surface area contributed by atoms with Gasteiger partial charge in [0, 0.05) is 31.7 Å². The van der Waals surface area contributed by atoms with Crippen LogP contribution < -0.4 is 10.6 Å². The van der Waals surface area contributed by atoms with Crippen molar-refractivity contribution in [2.45, 2.75) is 38.6 Å². The topological polar surface area (TPSA) is 87.7 Å². The molecule has 2 amide bonds. The van der Waals surface area contributed by atoms with Crippen LogP contribution in [0.2, 0.25) is 0 Å². The molecule has 0 saturated carbocycles. The van der Waals surface area contributed by atoms with Crippen LogP contribution in [0.5, 0.6) is 0 Å². The van der Waals surface area contributed by atoms with Crippen molar-refractivity contribution in [1.82, 2.24) is 10.6 Å². The average molecular weight is 258 g/mol. The lowest BCUT2D eigenvalue weighted by atomic mass is 9.93. The molecule has 0 aromatic rings. The summed E-state index contributed by atoms with van der Waals surface area (Å²) in [6.07, 6.45) is 1.65. The Morgan fingerprint density at radius 3 is 2.56 bits per heavy atom. The molecule has 1 unspecified atom stereocenters. The molecule has 1 aliphatic rings. The van der Waals surface area contributed by atoms with Crippen molar-refractivity contribution >= 4 is 12.0 Å². The van der Waals surface area contributed by atoms with Gasteiger partial charge in [0.15, 0.2) is 0 Å². The number of ether oxygens (including phenoxy) is 1. The molecule has 0 aromatic carbocycles. The summed E-state index contributed by atoms with van der Waals surface area (Å²) in [5, 5.41) is 14.2. The van der Waals surface area contributed by atoms with E-state index in [9.17, 15) is 9.59 Å². The molecule has 0 bridgehead atoms. The number of amides is 2. The highest BCUT2D eigenvalue weighted by Crippen LogP contribution is 2.19. The first-order valence-corrected chi connectivity index (χ1v) is 6.27. The van der Waals surface area contributed by atoms with E-state index in [-0.39, 0.29) is 23.9 Å². The summed E-state index contributed by atoms with van der Waals surface area (Å²) >= 11 is 0. The second-order valence-electron chi connectivity index (χ2n) is 5.21. The Hall–Kier alpha value is -1.30. The Labute approximate surface area is 107 Å². The highest BCUT2D eigenvalue weighted by molar-refractivity contribution is 5.75. The van der Waals surface area contributed by atoms with Crippen LogP contribution in [0.15, 0.2) is 0 Å². The molecule has 0 spiro atoms. The number of urea groups is 1. The minimum Gasteiger partial charge on any atom is -0.481 e. The monoisotopic (exact) mass is 258 g/mol. The summed E-state index contributed by atoms with van der Waals surface area (Å²) in [7, 11) is 0. The van der Waals surface area contributed by atoms with Crippen LogP contribution in [0.4, 0.5) is 4.79 Å². The van der Waals surface area contributed by atoms with Crippen LogP contribution in [0.1, 0.15) is 33.1 Å². The Kier molecular flexibility index (Phi) is 5.40. The van der Waals surface area contributed by atoms with E-state index < -0.39 is 5.97 Å². The summed E-state index contributed by atoms with van der Waals surface area (Å²) in [6, 6.07) is -0.239. The van der Waals surface area contributed by atoms with E-state index in [2.05, 4.69) is 10.6 Å². The van der Waals surface area contributed by atoms with E-state index in [0.717, 1.165) is 12.8 Å². The molecule has 1 heterocycles. The molecule has 1 rings (SSSR count). The van der Waals surface area contributed by atoms with Gasteiger partial charge in [-0.25, -0.2) is 4.79 Å². The zero-order valence-electron chi connectivity index (χ0n) is 11.0. The van der Waals surface area contributed by atoms with Gasteiger partial charge in [0.25, 0.3) is 0 Å². The van der Waals surface area contributed by atoms with E-state index in [1.165, 1.54) is 0 Å². The Morgan fingerprint density at radius 2 is 2.00 bits per heavy atom. The number of carboxylic acids is 1.